The SMILES string of the molecule is CC1CCNCC1.CC1CCOC1. The van der Waals surface area contributed by atoms with Gasteiger partial charge in [-0.25, -0.2) is 0 Å². The molecule has 0 aromatic rings. The van der Waals surface area contributed by atoms with Gasteiger partial charge in [-0.05, 0) is 44.2 Å². The molecule has 0 spiro atoms. The first-order valence-corrected chi connectivity index (χ1v) is 5.57. The van der Waals surface area contributed by atoms with Gasteiger partial charge in [0.15, 0.2) is 0 Å². The topological polar surface area (TPSA) is 21.3 Å². The highest BCUT2D eigenvalue weighted by atomic mass is 16.5. The Bertz CT molecular complexity index is 115. The van der Waals surface area contributed by atoms with Crippen LogP contribution in [-0.2, 0) is 4.74 Å². The minimum Gasteiger partial charge on any atom is -0.381 e. The fraction of sp³-hybridized carbons (Fsp3) is 1.00. The molecular weight excluding hydrogens is 162 g/mol. The van der Waals surface area contributed by atoms with Gasteiger partial charge in [0.25, 0.3) is 0 Å². The van der Waals surface area contributed by atoms with Crippen LogP contribution in [0.25, 0.3) is 0 Å². The van der Waals surface area contributed by atoms with E-state index in [-0.39, 0.29) is 0 Å². The molecule has 1 N–H and O–H groups in total. The average molecular weight is 185 g/mol. The van der Waals surface area contributed by atoms with Gasteiger partial charge in [-0.1, -0.05) is 13.8 Å². The molecule has 2 aliphatic rings. The molecule has 0 aromatic carbocycles. The zero-order valence-electron chi connectivity index (χ0n) is 9.01. The molecule has 78 valence electrons. The van der Waals surface area contributed by atoms with Crippen molar-refractivity contribution in [2.45, 2.75) is 33.1 Å². The summed E-state index contributed by atoms with van der Waals surface area (Å²) in [6, 6.07) is 0. The second-order valence-corrected chi connectivity index (χ2v) is 4.40. The summed E-state index contributed by atoms with van der Waals surface area (Å²) in [4.78, 5) is 0. The monoisotopic (exact) mass is 185 g/mol. The fourth-order valence-corrected chi connectivity index (χ4v) is 1.62. The van der Waals surface area contributed by atoms with E-state index in [1.807, 2.05) is 0 Å². The molecule has 2 fully saturated rings. The molecule has 0 aromatic heterocycles. The zero-order valence-corrected chi connectivity index (χ0v) is 9.01. The standard InChI is InChI=1S/C6H13N.C5H10O/c1-6-2-4-7-5-3-6;1-5-2-3-6-4-5/h6-7H,2-5H2,1H3;5H,2-4H2,1H3. The van der Waals surface area contributed by atoms with Gasteiger partial charge in [0, 0.05) is 13.2 Å². The Kier molecular flexibility index (Phi) is 5.40. The third-order valence-corrected chi connectivity index (χ3v) is 2.79. The molecule has 2 rings (SSSR count). The van der Waals surface area contributed by atoms with Crippen molar-refractivity contribution in [1.82, 2.24) is 5.32 Å². The van der Waals surface area contributed by atoms with Crippen LogP contribution in [0.3, 0.4) is 0 Å². The van der Waals surface area contributed by atoms with E-state index in [9.17, 15) is 0 Å². The number of rotatable bonds is 0. The molecule has 1 unspecified atom stereocenters. The highest BCUT2D eigenvalue weighted by Gasteiger charge is 2.07. The van der Waals surface area contributed by atoms with Gasteiger partial charge in [-0.3, -0.25) is 0 Å². The molecular formula is C11H23NO. The van der Waals surface area contributed by atoms with E-state index in [2.05, 4.69) is 19.2 Å². The molecule has 2 heteroatoms. The summed E-state index contributed by atoms with van der Waals surface area (Å²) in [5.41, 5.74) is 0. The first-order valence-electron chi connectivity index (χ1n) is 5.57. The molecule has 2 aliphatic heterocycles. The summed E-state index contributed by atoms with van der Waals surface area (Å²) in [5.74, 6) is 1.80. The highest BCUT2D eigenvalue weighted by Crippen LogP contribution is 2.09. The summed E-state index contributed by atoms with van der Waals surface area (Å²) in [5, 5.41) is 3.32. The van der Waals surface area contributed by atoms with Gasteiger partial charge in [0.1, 0.15) is 0 Å². The minimum absolute atomic E-state index is 0.824. The molecule has 2 nitrogen and oxygen atoms in total. The van der Waals surface area contributed by atoms with Crippen molar-refractivity contribution in [2.75, 3.05) is 26.3 Å². The van der Waals surface area contributed by atoms with Crippen LogP contribution < -0.4 is 5.32 Å². The normalized spacial score (nSPS) is 29.5. The second-order valence-electron chi connectivity index (χ2n) is 4.40. The lowest BCUT2D eigenvalue weighted by Gasteiger charge is -2.17. The predicted octanol–water partition coefficient (Wildman–Crippen LogP) is 2.05. The van der Waals surface area contributed by atoms with Crippen molar-refractivity contribution < 1.29 is 4.74 Å². The Morgan fingerprint density at radius 2 is 1.69 bits per heavy atom. The lowest BCUT2D eigenvalue weighted by Crippen LogP contribution is -2.26. The van der Waals surface area contributed by atoms with E-state index in [1.165, 1.54) is 32.4 Å². The third kappa shape index (κ3) is 5.27. The molecule has 2 heterocycles. The molecule has 0 aliphatic carbocycles. The van der Waals surface area contributed by atoms with Crippen LogP contribution in [0.2, 0.25) is 0 Å². The van der Waals surface area contributed by atoms with Gasteiger partial charge in [-0.2, -0.15) is 0 Å². The largest absolute Gasteiger partial charge is 0.381 e. The Hall–Kier alpha value is -0.0800. The second kappa shape index (κ2) is 6.39. The number of hydrogen-bond donors (Lipinski definition) is 1. The van der Waals surface area contributed by atoms with Crippen LogP contribution in [0.5, 0.6) is 0 Å². The maximum Gasteiger partial charge on any atom is 0.0492 e. The molecule has 0 amide bonds. The number of hydrogen-bond acceptors (Lipinski definition) is 2. The predicted molar refractivity (Wildman–Crippen MR) is 55.9 cm³/mol. The maximum atomic E-state index is 5.06. The first kappa shape index (κ1) is 11.0. The highest BCUT2D eigenvalue weighted by molar-refractivity contribution is 4.62. The maximum absolute atomic E-state index is 5.06. The van der Waals surface area contributed by atoms with Crippen molar-refractivity contribution in [3.05, 3.63) is 0 Å². The quantitative estimate of drug-likeness (QED) is 0.623. The summed E-state index contributed by atoms with van der Waals surface area (Å²) in [7, 11) is 0. The number of piperidine rings is 1. The van der Waals surface area contributed by atoms with Crippen LogP contribution in [0.15, 0.2) is 0 Å². The smallest absolute Gasteiger partial charge is 0.0492 e. The third-order valence-electron chi connectivity index (χ3n) is 2.79. The van der Waals surface area contributed by atoms with Crippen LogP contribution in [-0.4, -0.2) is 26.3 Å². The van der Waals surface area contributed by atoms with E-state index in [0.29, 0.717) is 0 Å². The zero-order chi connectivity index (χ0) is 9.52. The van der Waals surface area contributed by atoms with Crippen molar-refractivity contribution >= 4 is 0 Å². The van der Waals surface area contributed by atoms with Crippen LogP contribution >= 0.6 is 0 Å². The van der Waals surface area contributed by atoms with Gasteiger partial charge in [-0.15, -0.1) is 0 Å². The Labute approximate surface area is 82.0 Å². The van der Waals surface area contributed by atoms with Gasteiger partial charge in [0.05, 0.1) is 0 Å². The minimum atomic E-state index is 0.824. The Morgan fingerprint density at radius 3 is 1.92 bits per heavy atom. The van der Waals surface area contributed by atoms with E-state index < -0.39 is 0 Å². The summed E-state index contributed by atoms with van der Waals surface area (Å²) in [6.07, 6.45) is 4.01. The average Bonchev–Trinajstić information content (AvgIpc) is 2.58. The lowest BCUT2D eigenvalue weighted by molar-refractivity contribution is 0.188. The molecule has 0 saturated carbocycles. The van der Waals surface area contributed by atoms with E-state index in [4.69, 9.17) is 4.74 Å². The molecule has 1 atom stereocenters. The van der Waals surface area contributed by atoms with Crippen molar-refractivity contribution in [2.24, 2.45) is 11.8 Å². The summed E-state index contributed by atoms with van der Waals surface area (Å²) in [6.45, 7) is 8.98. The van der Waals surface area contributed by atoms with Gasteiger partial charge < -0.3 is 10.1 Å². The van der Waals surface area contributed by atoms with Gasteiger partial charge >= 0.3 is 0 Å². The lowest BCUT2D eigenvalue weighted by atomic mass is 10.0. The van der Waals surface area contributed by atoms with Crippen molar-refractivity contribution in [1.29, 1.82) is 0 Å². The van der Waals surface area contributed by atoms with Crippen LogP contribution in [0, 0.1) is 11.8 Å². The fourth-order valence-electron chi connectivity index (χ4n) is 1.62. The number of ether oxygens (including phenoxy) is 1. The molecule has 0 radical (unpaired) electrons. The van der Waals surface area contributed by atoms with Crippen molar-refractivity contribution in [3.8, 4) is 0 Å². The summed E-state index contributed by atoms with van der Waals surface area (Å²) < 4.78 is 5.06. The molecule has 2 saturated heterocycles. The Morgan fingerprint density at radius 1 is 1.00 bits per heavy atom. The number of nitrogens with one attached hydrogen (secondary N) is 1. The van der Waals surface area contributed by atoms with E-state index >= 15 is 0 Å². The van der Waals surface area contributed by atoms with E-state index in [1.54, 1.807) is 0 Å². The van der Waals surface area contributed by atoms with Crippen molar-refractivity contribution in [3.63, 3.8) is 0 Å². The first-order chi connectivity index (χ1) is 6.29. The summed E-state index contributed by atoms with van der Waals surface area (Å²) >= 11 is 0. The van der Waals surface area contributed by atoms with Crippen LogP contribution in [0.4, 0.5) is 0 Å². The van der Waals surface area contributed by atoms with Crippen LogP contribution in [0.1, 0.15) is 33.1 Å². The molecule has 0 bridgehead atoms. The molecule has 13 heavy (non-hydrogen) atoms. The Balaban J connectivity index is 0.000000132. The van der Waals surface area contributed by atoms with Gasteiger partial charge in [0.2, 0.25) is 0 Å². The van der Waals surface area contributed by atoms with E-state index in [0.717, 1.165) is 25.0 Å².